The molecule has 144 valence electrons. The average Bonchev–Trinajstić information content (AvgIpc) is 2.89. The summed E-state index contributed by atoms with van der Waals surface area (Å²) in [5.41, 5.74) is 5.00. The highest BCUT2D eigenvalue weighted by Gasteiger charge is 2.20. The highest BCUT2D eigenvalue weighted by molar-refractivity contribution is 6.06. The zero-order valence-electron chi connectivity index (χ0n) is 16.3. The predicted molar refractivity (Wildman–Crippen MR) is 108 cm³/mol. The summed E-state index contributed by atoms with van der Waals surface area (Å²) >= 11 is 0. The van der Waals surface area contributed by atoms with Crippen molar-refractivity contribution < 1.29 is 9.72 Å². The SMILES string of the molecule is Cc1cccc(Cn2nc(C)c(NC(=O)c3cccc([N+](=O)[O-])c3C)c2C)c1. The molecule has 1 amide bonds. The van der Waals surface area contributed by atoms with Gasteiger partial charge in [-0.15, -0.1) is 0 Å². The number of nitro groups is 1. The summed E-state index contributed by atoms with van der Waals surface area (Å²) in [6.45, 7) is 7.94. The van der Waals surface area contributed by atoms with Gasteiger partial charge in [-0.05, 0) is 39.3 Å². The monoisotopic (exact) mass is 378 g/mol. The van der Waals surface area contributed by atoms with Crippen LogP contribution in [-0.2, 0) is 6.54 Å². The normalized spacial score (nSPS) is 10.7. The second-order valence-corrected chi connectivity index (χ2v) is 6.85. The lowest BCUT2D eigenvalue weighted by molar-refractivity contribution is -0.385. The number of nitrogens with zero attached hydrogens (tertiary/aromatic N) is 3. The van der Waals surface area contributed by atoms with Crippen LogP contribution in [0.4, 0.5) is 11.4 Å². The molecule has 0 fully saturated rings. The molecule has 0 aliphatic carbocycles. The van der Waals surface area contributed by atoms with Crippen LogP contribution in [0.1, 0.15) is 38.4 Å². The van der Waals surface area contributed by atoms with Crippen LogP contribution in [0.25, 0.3) is 0 Å². The van der Waals surface area contributed by atoms with Gasteiger partial charge in [0.1, 0.15) is 0 Å². The molecule has 0 unspecified atom stereocenters. The molecule has 0 aliphatic rings. The Morgan fingerprint density at radius 1 is 1.14 bits per heavy atom. The molecule has 0 spiro atoms. The van der Waals surface area contributed by atoms with Crippen molar-refractivity contribution in [2.75, 3.05) is 5.32 Å². The summed E-state index contributed by atoms with van der Waals surface area (Å²) in [5, 5.41) is 18.5. The first-order valence-corrected chi connectivity index (χ1v) is 8.93. The summed E-state index contributed by atoms with van der Waals surface area (Å²) in [6.07, 6.45) is 0. The Bertz CT molecular complexity index is 1070. The van der Waals surface area contributed by atoms with Gasteiger partial charge in [0.15, 0.2) is 0 Å². The highest BCUT2D eigenvalue weighted by atomic mass is 16.6. The van der Waals surface area contributed by atoms with Gasteiger partial charge in [-0.1, -0.05) is 35.9 Å². The number of carbonyl (C=O) groups is 1. The number of anilines is 1. The van der Waals surface area contributed by atoms with Gasteiger partial charge in [-0.25, -0.2) is 0 Å². The number of aryl methyl sites for hydroxylation is 2. The second kappa shape index (κ2) is 7.64. The van der Waals surface area contributed by atoms with Crippen LogP contribution in [-0.4, -0.2) is 20.6 Å². The fourth-order valence-corrected chi connectivity index (χ4v) is 3.26. The summed E-state index contributed by atoms with van der Waals surface area (Å²) in [5.74, 6) is -0.387. The second-order valence-electron chi connectivity index (χ2n) is 6.85. The summed E-state index contributed by atoms with van der Waals surface area (Å²) in [6, 6.07) is 12.7. The molecule has 7 nitrogen and oxygen atoms in total. The van der Waals surface area contributed by atoms with Crippen LogP contribution >= 0.6 is 0 Å². The molecule has 2 aromatic carbocycles. The van der Waals surface area contributed by atoms with Gasteiger partial charge in [0.05, 0.1) is 28.5 Å². The van der Waals surface area contributed by atoms with Crippen molar-refractivity contribution >= 4 is 17.3 Å². The van der Waals surface area contributed by atoms with Crippen LogP contribution in [0, 0.1) is 37.8 Å². The number of carbonyl (C=O) groups excluding carboxylic acids is 1. The van der Waals surface area contributed by atoms with E-state index < -0.39 is 4.92 Å². The standard InChI is InChI=1S/C21H22N4O3/c1-13-7-5-8-17(11-13)12-24-16(4)20(15(3)23-24)22-21(26)18-9-6-10-19(14(18)2)25(27)28/h5-11H,12H2,1-4H3,(H,22,26). The number of amides is 1. The number of rotatable bonds is 5. The minimum Gasteiger partial charge on any atom is -0.319 e. The Morgan fingerprint density at radius 3 is 2.54 bits per heavy atom. The van der Waals surface area contributed by atoms with Crippen LogP contribution in [0.15, 0.2) is 42.5 Å². The molecular weight excluding hydrogens is 356 g/mol. The van der Waals surface area contributed by atoms with E-state index in [1.54, 1.807) is 13.0 Å². The molecule has 0 aliphatic heterocycles. The van der Waals surface area contributed by atoms with Crippen molar-refractivity contribution in [3.8, 4) is 0 Å². The maximum atomic E-state index is 12.8. The van der Waals surface area contributed by atoms with Gasteiger partial charge in [-0.3, -0.25) is 19.6 Å². The third kappa shape index (κ3) is 3.78. The first-order chi connectivity index (χ1) is 13.3. The molecule has 1 heterocycles. The van der Waals surface area contributed by atoms with Gasteiger partial charge < -0.3 is 5.32 Å². The van der Waals surface area contributed by atoms with E-state index >= 15 is 0 Å². The molecule has 1 N–H and O–H groups in total. The summed E-state index contributed by atoms with van der Waals surface area (Å²) in [7, 11) is 0. The molecule has 28 heavy (non-hydrogen) atoms. The predicted octanol–water partition coefficient (Wildman–Crippen LogP) is 4.33. The van der Waals surface area contributed by atoms with Crippen molar-refractivity contribution in [2.24, 2.45) is 0 Å². The lowest BCUT2D eigenvalue weighted by Gasteiger charge is -2.09. The number of aromatic nitrogens is 2. The molecular formula is C21H22N4O3. The van der Waals surface area contributed by atoms with E-state index in [1.807, 2.05) is 43.7 Å². The molecule has 7 heteroatoms. The van der Waals surface area contributed by atoms with Crippen molar-refractivity contribution in [3.05, 3.63) is 86.2 Å². The molecule has 0 radical (unpaired) electrons. The minimum absolute atomic E-state index is 0.0729. The molecule has 0 saturated carbocycles. The topological polar surface area (TPSA) is 90.1 Å². The minimum atomic E-state index is -0.484. The summed E-state index contributed by atoms with van der Waals surface area (Å²) < 4.78 is 1.85. The van der Waals surface area contributed by atoms with Crippen LogP contribution in [0.2, 0.25) is 0 Å². The number of hydrogen-bond donors (Lipinski definition) is 1. The number of nitrogens with one attached hydrogen (secondary N) is 1. The van der Waals surface area contributed by atoms with E-state index in [-0.39, 0.29) is 17.2 Å². The average molecular weight is 378 g/mol. The van der Waals surface area contributed by atoms with E-state index in [0.717, 1.165) is 11.3 Å². The van der Waals surface area contributed by atoms with Crippen LogP contribution in [0.3, 0.4) is 0 Å². The first-order valence-electron chi connectivity index (χ1n) is 8.93. The Morgan fingerprint density at radius 2 is 1.86 bits per heavy atom. The lowest BCUT2D eigenvalue weighted by atomic mass is 10.1. The molecule has 0 bridgehead atoms. The van der Waals surface area contributed by atoms with Gasteiger partial charge in [-0.2, -0.15) is 5.10 Å². The van der Waals surface area contributed by atoms with E-state index in [9.17, 15) is 14.9 Å². The van der Waals surface area contributed by atoms with Gasteiger partial charge in [0.2, 0.25) is 0 Å². The van der Waals surface area contributed by atoms with Gasteiger partial charge in [0, 0.05) is 17.2 Å². The third-order valence-corrected chi connectivity index (χ3v) is 4.78. The van der Waals surface area contributed by atoms with E-state index in [4.69, 9.17) is 0 Å². The first kappa shape index (κ1) is 19.3. The fraction of sp³-hybridized carbons (Fsp3) is 0.238. The number of nitro benzene ring substituents is 1. The maximum Gasteiger partial charge on any atom is 0.273 e. The highest BCUT2D eigenvalue weighted by Crippen LogP contribution is 2.25. The zero-order valence-corrected chi connectivity index (χ0v) is 16.3. The lowest BCUT2D eigenvalue weighted by Crippen LogP contribution is -2.15. The largest absolute Gasteiger partial charge is 0.319 e. The van der Waals surface area contributed by atoms with Crippen molar-refractivity contribution in [1.29, 1.82) is 0 Å². The molecule has 3 aromatic rings. The third-order valence-electron chi connectivity index (χ3n) is 4.78. The Hall–Kier alpha value is -3.48. The fourth-order valence-electron chi connectivity index (χ4n) is 3.26. The Balaban J connectivity index is 1.87. The summed E-state index contributed by atoms with van der Waals surface area (Å²) in [4.78, 5) is 23.4. The van der Waals surface area contributed by atoms with E-state index in [2.05, 4.69) is 16.5 Å². The smallest absolute Gasteiger partial charge is 0.273 e. The molecule has 0 saturated heterocycles. The van der Waals surface area contributed by atoms with Crippen molar-refractivity contribution in [2.45, 2.75) is 34.2 Å². The van der Waals surface area contributed by atoms with Crippen molar-refractivity contribution in [3.63, 3.8) is 0 Å². The number of benzene rings is 2. The molecule has 0 atom stereocenters. The Kier molecular flexibility index (Phi) is 5.26. The number of hydrogen-bond acceptors (Lipinski definition) is 4. The zero-order chi connectivity index (χ0) is 20.4. The molecule has 1 aromatic heterocycles. The van der Waals surface area contributed by atoms with Crippen LogP contribution in [0.5, 0.6) is 0 Å². The maximum absolute atomic E-state index is 12.8. The van der Waals surface area contributed by atoms with Crippen molar-refractivity contribution in [1.82, 2.24) is 9.78 Å². The van der Waals surface area contributed by atoms with Gasteiger partial charge >= 0.3 is 0 Å². The molecule has 3 rings (SSSR count). The Labute approximate surface area is 163 Å². The van der Waals surface area contributed by atoms with Crippen LogP contribution < -0.4 is 5.32 Å². The van der Waals surface area contributed by atoms with Gasteiger partial charge in [0.25, 0.3) is 11.6 Å². The quantitative estimate of drug-likeness (QED) is 0.529. The van der Waals surface area contributed by atoms with E-state index in [1.165, 1.54) is 17.7 Å². The van der Waals surface area contributed by atoms with E-state index in [0.29, 0.717) is 23.5 Å².